The normalized spacial score (nSPS) is 12.7. The fourth-order valence-corrected chi connectivity index (χ4v) is 3.32. The third kappa shape index (κ3) is 2.31. The Morgan fingerprint density at radius 1 is 1.00 bits per heavy atom. The Morgan fingerprint density at radius 2 is 1.68 bits per heavy atom. The molecule has 1 aromatic heterocycles. The van der Waals surface area contributed by atoms with Gasteiger partial charge in [-0.2, -0.15) is 4.39 Å². The summed E-state index contributed by atoms with van der Waals surface area (Å²) < 4.78 is 27.5. The molecule has 0 N–H and O–H groups in total. The number of halogens is 1. The van der Waals surface area contributed by atoms with Crippen molar-refractivity contribution in [1.29, 1.82) is 0 Å². The molecule has 0 bridgehead atoms. The van der Waals surface area contributed by atoms with E-state index in [4.69, 9.17) is 0 Å². The Bertz CT molecular complexity index is 736. The predicted molar refractivity (Wildman–Crippen MR) is 75.6 cm³/mol. The van der Waals surface area contributed by atoms with E-state index in [1.807, 2.05) is 48.5 Å². The average Bonchev–Trinajstić information content (AvgIpc) is 2.75. The largest absolute Gasteiger partial charge is 0.236 e. The molecule has 0 saturated carbocycles. The first-order valence-electron chi connectivity index (χ1n) is 5.94. The van der Waals surface area contributed by atoms with Crippen molar-refractivity contribution in [2.75, 3.05) is 0 Å². The fraction of sp³-hybridized carbons (Fsp3) is 0.0667. The van der Waals surface area contributed by atoms with Gasteiger partial charge in [0.05, 0.1) is 11.3 Å². The maximum atomic E-state index is 13.9. The van der Waals surface area contributed by atoms with Gasteiger partial charge in [-0.1, -0.05) is 48.5 Å². The standard InChI is InChI=1S/C15H12FNOS/c16-15-10-13-8-4-5-9-14(13)17(15)19(18)11-12-6-2-1-3-7-12/h1-10H,11H2. The lowest BCUT2D eigenvalue weighted by atomic mass is 10.2. The van der Waals surface area contributed by atoms with Gasteiger partial charge in [0.25, 0.3) is 0 Å². The maximum absolute atomic E-state index is 13.9. The molecule has 0 radical (unpaired) electrons. The zero-order valence-corrected chi connectivity index (χ0v) is 10.9. The van der Waals surface area contributed by atoms with E-state index in [2.05, 4.69) is 0 Å². The average molecular weight is 273 g/mol. The molecule has 2 aromatic carbocycles. The highest BCUT2D eigenvalue weighted by molar-refractivity contribution is 7.82. The highest BCUT2D eigenvalue weighted by Crippen LogP contribution is 2.20. The summed E-state index contributed by atoms with van der Waals surface area (Å²) in [5, 5.41) is 0.765. The zero-order valence-electron chi connectivity index (χ0n) is 10.1. The lowest BCUT2D eigenvalue weighted by Gasteiger charge is -2.06. The molecule has 0 spiro atoms. The van der Waals surface area contributed by atoms with Gasteiger partial charge in [-0.25, -0.2) is 8.18 Å². The summed E-state index contributed by atoms with van der Waals surface area (Å²) in [6.45, 7) is 0. The van der Waals surface area contributed by atoms with Gasteiger partial charge in [0, 0.05) is 11.5 Å². The molecular weight excluding hydrogens is 261 g/mol. The summed E-state index contributed by atoms with van der Waals surface area (Å²) in [4.78, 5) is 0. The Morgan fingerprint density at radius 3 is 2.47 bits per heavy atom. The summed E-state index contributed by atoms with van der Waals surface area (Å²) in [6, 6.07) is 18.1. The van der Waals surface area contributed by atoms with Crippen LogP contribution in [0, 0.1) is 5.95 Å². The minimum Gasteiger partial charge on any atom is -0.236 e. The predicted octanol–water partition coefficient (Wildman–Crippen LogP) is 3.49. The minimum atomic E-state index is -1.45. The highest BCUT2D eigenvalue weighted by Gasteiger charge is 2.13. The summed E-state index contributed by atoms with van der Waals surface area (Å²) in [5.41, 5.74) is 1.59. The molecule has 1 atom stereocenters. The van der Waals surface area contributed by atoms with E-state index in [1.54, 1.807) is 6.07 Å². The first-order chi connectivity index (χ1) is 9.25. The number of para-hydroxylation sites is 1. The van der Waals surface area contributed by atoms with Crippen molar-refractivity contribution in [1.82, 2.24) is 3.97 Å². The van der Waals surface area contributed by atoms with Crippen LogP contribution in [0.5, 0.6) is 0 Å². The highest BCUT2D eigenvalue weighted by atomic mass is 32.2. The first kappa shape index (κ1) is 12.1. The van der Waals surface area contributed by atoms with Gasteiger partial charge in [0.15, 0.2) is 0 Å². The minimum absolute atomic E-state index is 0.302. The summed E-state index contributed by atoms with van der Waals surface area (Å²) in [5.74, 6) is -0.161. The molecule has 19 heavy (non-hydrogen) atoms. The molecule has 0 aliphatic rings. The van der Waals surface area contributed by atoms with E-state index in [-0.39, 0.29) is 0 Å². The quantitative estimate of drug-likeness (QED) is 0.716. The zero-order chi connectivity index (χ0) is 13.2. The number of fused-ring (bicyclic) bond motifs is 1. The smallest absolute Gasteiger partial charge is 0.206 e. The summed E-state index contributed by atoms with van der Waals surface area (Å²) >= 11 is 0. The second-order valence-corrected chi connectivity index (χ2v) is 5.57. The third-order valence-corrected chi connectivity index (χ3v) is 4.32. The number of rotatable bonds is 3. The van der Waals surface area contributed by atoms with Crippen molar-refractivity contribution in [3.63, 3.8) is 0 Å². The molecule has 1 unspecified atom stereocenters. The number of nitrogens with zero attached hydrogens (tertiary/aromatic N) is 1. The molecule has 4 heteroatoms. The second kappa shape index (κ2) is 4.97. The fourth-order valence-electron chi connectivity index (χ4n) is 2.08. The van der Waals surface area contributed by atoms with Gasteiger partial charge in [-0.05, 0) is 11.6 Å². The molecule has 0 aliphatic carbocycles. The molecule has 96 valence electrons. The van der Waals surface area contributed by atoms with Gasteiger partial charge < -0.3 is 0 Å². The molecule has 0 aliphatic heterocycles. The Balaban J connectivity index is 2.00. The Hall–Kier alpha value is -1.94. The van der Waals surface area contributed by atoms with Crippen molar-refractivity contribution in [3.8, 4) is 0 Å². The molecule has 0 saturated heterocycles. The van der Waals surface area contributed by atoms with E-state index < -0.39 is 16.9 Å². The van der Waals surface area contributed by atoms with Crippen molar-refractivity contribution < 1.29 is 8.60 Å². The monoisotopic (exact) mass is 273 g/mol. The van der Waals surface area contributed by atoms with Gasteiger partial charge in [-0.15, -0.1) is 0 Å². The number of aromatic nitrogens is 1. The van der Waals surface area contributed by atoms with Crippen LogP contribution in [0.4, 0.5) is 4.39 Å². The van der Waals surface area contributed by atoms with Crippen LogP contribution >= 0.6 is 0 Å². The van der Waals surface area contributed by atoms with Crippen LogP contribution < -0.4 is 0 Å². The van der Waals surface area contributed by atoms with E-state index >= 15 is 0 Å². The third-order valence-electron chi connectivity index (χ3n) is 2.96. The number of hydrogen-bond acceptors (Lipinski definition) is 1. The van der Waals surface area contributed by atoms with Gasteiger partial charge >= 0.3 is 0 Å². The van der Waals surface area contributed by atoms with Crippen LogP contribution in [0.2, 0.25) is 0 Å². The molecule has 3 aromatic rings. The molecular formula is C15H12FNOS. The second-order valence-electron chi connectivity index (χ2n) is 4.27. The lowest BCUT2D eigenvalue weighted by Crippen LogP contribution is -2.09. The van der Waals surface area contributed by atoms with E-state index in [9.17, 15) is 8.60 Å². The van der Waals surface area contributed by atoms with E-state index in [0.29, 0.717) is 11.3 Å². The van der Waals surface area contributed by atoms with E-state index in [1.165, 1.54) is 10.0 Å². The Kier molecular flexibility index (Phi) is 3.17. The van der Waals surface area contributed by atoms with Crippen LogP contribution in [0.1, 0.15) is 5.56 Å². The molecule has 0 fully saturated rings. The maximum Gasteiger partial charge on any atom is 0.206 e. The van der Waals surface area contributed by atoms with Crippen LogP contribution in [0.15, 0.2) is 60.7 Å². The molecule has 0 amide bonds. The van der Waals surface area contributed by atoms with Crippen LogP contribution in [-0.4, -0.2) is 8.18 Å². The Labute approximate surface area is 113 Å². The van der Waals surface area contributed by atoms with Crippen molar-refractivity contribution >= 4 is 21.9 Å². The van der Waals surface area contributed by atoms with Crippen molar-refractivity contribution in [2.45, 2.75) is 5.75 Å². The molecule has 1 heterocycles. The first-order valence-corrected chi connectivity index (χ1v) is 7.22. The lowest BCUT2D eigenvalue weighted by molar-refractivity contribution is 0.574. The van der Waals surface area contributed by atoms with Crippen LogP contribution in [-0.2, 0) is 16.7 Å². The molecule has 3 rings (SSSR count). The van der Waals surface area contributed by atoms with Gasteiger partial charge in [0.2, 0.25) is 5.95 Å². The van der Waals surface area contributed by atoms with Crippen LogP contribution in [0.25, 0.3) is 10.9 Å². The van der Waals surface area contributed by atoms with Crippen molar-refractivity contribution in [2.24, 2.45) is 0 Å². The molecule has 2 nitrogen and oxygen atoms in total. The van der Waals surface area contributed by atoms with E-state index in [0.717, 1.165) is 10.9 Å². The van der Waals surface area contributed by atoms with Gasteiger partial charge in [0.1, 0.15) is 11.0 Å². The topological polar surface area (TPSA) is 22.0 Å². The van der Waals surface area contributed by atoms with Crippen molar-refractivity contribution in [3.05, 3.63) is 72.2 Å². The summed E-state index contributed by atoms with van der Waals surface area (Å²) in [6.07, 6.45) is 0. The van der Waals surface area contributed by atoms with Crippen LogP contribution in [0.3, 0.4) is 0 Å². The SMILES string of the molecule is O=S(Cc1ccccc1)n1c(F)cc2ccccc21. The number of benzene rings is 2. The summed E-state index contributed by atoms with van der Waals surface area (Å²) in [7, 11) is -1.45. The van der Waals surface area contributed by atoms with Gasteiger partial charge in [-0.3, -0.25) is 0 Å². The number of hydrogen-bond donors (Lipinski definition) is 0.